The summed E-state index contributed by atoms with van der Waals surface area (Å²) < 4.78 is 4.12. The molecule has 0 aliphatic rings. The van der Waals surface area contributed by atoms with Crippen LogP contribution in [0.25, 0.3) is 20.1 Å². The van der Waals surface area contributed by atoms with Crippen molar-refractivity contribution in [1.29, 1.82) is 0 Å². The van der Waals surface area contributed by atoms with Gasteiger partial charge in [-0.05, 0) is 33.9 Å². The molecule has 1 N–H and O–H groups in total. The number of hydrogen-bond acceptors (Lipinski definition) is 6. The van der Waals surface area contributed by atoms with Crippen LogP contribution in [-0.2, 0) is 11.3 Å². The normalized spacial score (nSPS) is 12.8. The quantitative estimate of drug-likeness (QED) is 0.784. The van der Waals surface area contributed by atoms with Crippen molar-refractivity contribution in [2.75, 3.05) is 0 Å². The second kappa shape index (κ2) is 5.29. The molecule has 0 aliphatic carbocycles. The molecule has 0 aromatic carbocycles. The first-order valence-electron chi connectivity index (χ1n) is 6.09. The Bertz CT molecular complexity index is 717. The highest BCUT2D eigenvalue weighted by Crippen LogP contribution is 2.35. The van der Waals surface area contributed by atoms with E-state index in [1.165, 1.54) is 9.40 Å². The standard InChI is InChI=1S/C12H12N4O2S2/c1-7(4-11(17)18)6-16-12(13-14-15-16)10-5-9-8(20-10)2-3-19-9/h2-3,5,7H,4,6H2,1H3,(H,17,18). The summed E-state index contributed by atoms with van der Waals surface area (Å²) in [6.07, 6.45) is 0.110. The van der Waals surface area contributed by atoms with E-state index in [1.54, 1.807) is 27.4 Å². The van der Waals surface area contributed by atoms with Crippen LogP contribution >= 0.6 is 22.7 Å². The molecule has 20 heavy (non-hydrogen) atoms. The fourth-order valence-corrected chi connectivity index (χ4v) is 4.14. The van der Waals surface area contributed by atoms with E-state index in [-0.39, 0.29) is 12.3 Å². The molecule has 6 nitrogen and oxygen atoms in total. The zero-order chi connectivity index (χ0) is 14.1. The second-order valence-electron chi connectivity index (χ2n) is 4.65. The largest absolute Gasteiger partial charge is 0.481 e. The van der Waals surface area contributed by atoms with E-state index in [2.05, 4.69) is 33.0 Å². The Morgan fingerprint density at radius 2 is 2.35 bits per heavy atom. The average Bonchev–Trinajstić information content (AvgIpc) is 2.99. The molecule has 0 radical (unpaired) electrons. The van der Waals surface area contributed by atoms with Crippen molar-refractivity contribution in [2.24, 2.45) is 5.92 Å². The molecule has 3 rings (SSSR count). The zero-order valence-corrected chi connectivity index (χ0v) is 12.3. The number of tetrazole rings is 1. The molecule has 3 aromatic heterocycles. The molecule has 0 bridgehead atoms. The summed E-state index contributed by atoms with van der Waals surface area (Å²) >= 11 is 3.34. The predicted octanol–water partition coefficient (Wildman–Crippen LogP) is 2.73. The van der Waals surface area contributed by atoms with Gasteiger partial charge in [-0.3, -0.25) is 4.79 Å². The molecule has 0 fully saturated rings. The van der Waals surface area contributed by atoms with Crippen LogP contribution in [0.2, 0.25) is 0 Å². The van der Waals surface area contributed by atoms with E-state index in [0.29, 0.717) is 12.4 Å². The van der Waals surface area contributed by atoms with Gasteiger partial charge in [0, 0.05) is 22.4 Å². The third kappa shape index (κ3) is 2.56. The molecule has 0 aliphatic heterocycles. The van der Waals surface area contributed by atoms with Crippen LogP contribution in [0.4, 0.5) is 0 Å². The summed E-state index contributed by atoms with van der Waals surface area (Å²) in [7, 11) is 0. The van der Waals surface area contributed by atoms with Crippen LogP contribution in [0.15, 0.2) is 17.5 Å². The second-order valence-corrected chi connectivity index (χ2v) is 6.68. The maximum Gasteiger partial charge on any atom is 0.303 e. The molecule has 0 saturated heterocycles. The minimum absolute atomic E-state index is 0.0178. The van der Waals surface area contributed by atoms with Crippen LogP contribution in [0.1, 0.15) is 13.3 Å². The van der Waals surface area contributed by atoms with Gasteiger partial charge in [-0.1, -0.05) is 6.92 Å². The van der Waals surface area contributed by atoms with Crippen molar-refractivity contribution in [1.82, 2.24) is 20.2 Å². The molecule has 1 atom stereocenters. The number of thiophene rings is 2. The van der Waals surface area contributed by atoms with Gasteiger partial charge in [0.25, 0.3) is 0 Å². The third-order valence-electron chi connectivity index (χ3n) is 2.90. The number of aromatic nitrogens is 4. The van der Waals surface area contributed by atoms with Gasteiger partial charge in [-0.2, -0.15) is 0 Å². The van der Waals surface area contributed by atoms with Crippen LogP contribution < -0.4 is 0 Å². The van der Waals surface area contributed by atoms with Crippen molar-refractivity contribution in [3.05, 3.63) is 17.5 Å². The monoisotopic (exact) mass is 308 g/mol. The van der Waals surface area contributed by atoms with Crippen molar-refractivity contribution >= 4 is 38.0 Å². The number of carboxylic acid groups (broad SMARTS) is 1. The summed E-state index contributed by atoms with van der Waals surface area (Å²) in [5.41, 5.74) is 0. The van der Waals surface area contributed by atoms with Gasteiger partial charge in [0.15, 0.2) is 5.82 Å². The Morgan fingerprint density at radius 1 is 1.50 bits per heavy atom. The van der Waals surface area contributed by atoms with Gasteiger partial charge >= 0.3 is 5.97 Å². The van der Waals surface area contributed by atoms with Gasteiger partial charge in [0.05, 0.1) is 4.88 Å². The highest BCUT2D eigenvalue weighted by atomic mass is 32.1. The number of rotatable bonds is 5. The van der Waals surface area contributed by atoms with Crippen LogP contribution in [0, 0.1) is 5.92 Å². The summed E-state index contributed by atoms with van der Waals surface area (Å²) in [6.45, 7) is 2.38. The van der Waals surface area contributed by atoms with Crippen LogP contribution in [0.3, 0.4) is 0 Å². The van der Waals surface area contributed by atoms with Crippen molar-refractivity contribution in [3.8, 4) is 10.7 Å². The lowest BCUT2D eigenvalue weighted by Crippen LogP contribution is -2.13. The number of fused-ring (bicyclic) bond motifs is 1. The lowest BCUT2D eigenvalue weighted by atomic mass is 10.1. The Morgan fingerprint density at radius 3 is 3.10 bits per heavy atom. The highest BCUT2D eigenvalue weighted by Gasteiger charge is 2.16. The first-order chi connectivity index (χ1) is 9.63. The highest BCUT2D eigenvalue weighted by molar-refractivity contribution is 7.28. The Balaban J connectivity index is 1.86. The molecule has 104 valence electrons. The Labute approximate surface area is 122 Å². The molecular weight excluding hydrogens is 296 g/mol. The van der Waals surface area contributed by atoms with Gasteiger partial charge < -0.3 is 5.11 Å². The lowest BCUT2D eigenvalue weighted by molar-refractivity contribution is -0.138. The van der Waals surface area contributed by atoms with E-state index in [0.717, 1.165) is 4.88 Å². The number of nitrogens with zero attached hydrogens (tertiary/aromatic N) is 4. The SMILES string of the molecule is CC(CC(=O)O)Cn1nnnc1-c1cc2sccc2s1. The van der Waals surface area contributed by atoms with E-state index < -0.39 is 5.97 Å². The number of carboxylic acids is 1. The summed E-state index contributed by atoms with van der Waals surface area (Å²) in [4.78, 5) is 11.7. The first-order valence-corrected chi connectivity index (χ1v) is 7.78. The topological polar surface area (TPSA) is 80.9 Å². The van der Waals surface area contributed by atoms with Crippen LogP contribution in [0.5, 0.6) is 0 Å². The first kappa shape index (κ1) is 13.2. The lowest BCUT2D eigenvalue weighted by Gasteiger charge is -2.08. The average molecular weight is 308 g/mol. The summed E-state index contributed by atoms with van der Waals surface area (Å²) in [5.74, 6) is -0.116. The maximum atomic E-state index is 10.7. The number of hydrogen-bond donors (Lipinski definition) is 1. The zero-order valence-electron chi connectivity index (χ0n) is 10.7. The van der Waals surface area contributed by atoms with Gasteiger partial charge in [0.1, 0.15) is 0 Å². The molecule has 0 amide bonds. The van der Waals surface area contributed by atoms with Crippen LogP contribution in [-0.4, -0.2) is 31.3 Å². The smallest absolute Gasteiger partial charge is 0.303 e. The van der Waals surface area contributed by atoms with E-state index in [4.69, 9.17) is 5.11 Å². The molecule has 1 unspecified atom stereocenters. The van der Waals surface area contributed by atoms with Crippen molar-refractivity contribution in [3.63, 3.8) is 0 Å². The Hall–Kier alpha value is -1.80. The minimum atomic E-state index is -0.802. The Kier molecular flexibility index (Phi) is 3.49. The fraction of sp³-hybridized carbons (Fsp3) is 0.333. The molecule has 8 heteroatoms. The van der Waals surface area contributed by atoms with Gasteiger partial charge in [0.2, 0.25) is 0 Å². The molecule has 0 spiro atoms. The third-order valence-corrected chi connectivity index (χ3v) is 4.99. The van der Waals surface area contributed by atoms with E-state index in [1.807, 2.05) is 6.92 Å². The summed E-state index contributed by atoms with van der Waals surface area (Å²) in [5, 5.41) is 22.6. The molecule has 0 saturated carbocycles. The van der Waals surface area contributed by atoms with Gasteiger partial charge in [-0.25, -0.2) is 4.68 Å². The number of aliphatic carboxylic acids is 1. The van der Waals surface area contributed by atoms with E-state index in [9.17, 15) is 4.79 Å². The maximum absolute atomic E-state index is 10.7. The number of carbonyl (C=O) groups is 1. The minimum Gasteiger partial charge on any atom is -0.481 e. The molecule has 3 heterocycles. The van der Waals surface area contributed by atoms with Crippen molar-refractivity contribution < 1.29 is 9.90 Å². The summed E-state index contributed by atoms with van der Waals surface area (Å²) in [6, 6.07) is 4.16. The predicted molar refractivity (Wildman–Crippen MR) is 77.9 cm³/mol. The molecular formula is C12H12N4O2S2. The fourth-order valence-electron chi connectivity index (χ4n) is 2.04. The molecule has 3 aromatic rings. The van der Waals surface area contributed by atoms with Gasteiger partial charge in [-0.15, -0.1) is 27.8 Å². The van der Waals surface area contributed by atoms with Crippen molar-refractivity contribution in [2.45, 2.75) is 19.9 Å². The van der Waals surface area contributed by atoms with E-state index >= 15 is 0 Å².